The number of benzene rings is 2. The molecule has 0 aliphatic heterocycles. The van der Waals surface area contributed by atoms with Crippen molar-refractivity contribution in [2.45, 2.75) is 19.0 Å². The molecule has 0 aliphatic carbocycles. The molecule has 4 aromatic rings. The summed E-state index contributed by atoms with van der Waals surface area (Å²) in [5.74, 6) is -0.0366. The number of aryl methyl sites for hydroxylation is 1. The summed E-state index contributed by atoms with van der Waals surface area (Å²) in [6.07, 6.45) is 3.44. The average Bonchev–Trinajstić information content (AvgIpc) is 3.18. The van der Waals surface area contributed by atoms with Crippen molar-refractivity contribution in [1.82, 2.24) is 24.4 Å². The summed E-state index contributed by atoms with van der Waals surface area (Å²) in [5.41, 5.74) is 1.11. The van der Waals surface area contributed by atoms with Crippen LogP contribution in [0.4, 0.5) is 4.39 Å². The van der Waals surface area contributed by atoms with E-state index in [1.807, 2.05) is 13.1 Å². The molecule has 0 radical (unpaired) electrons. The van der Waals surface area contributed by atoms with Gasteiger partial charge < -0.3 is 14.9 Å². The van der Waals surface area contributed by atoms with Crippen molar-refractivity contribution in [1.29, 1.82) is 0 Å². The Morgan fingerprint density at radius 2 is 1.97 bits per heavy atom. The molecule has 0 saturated carbocycles. The maximum atomic E-state index is 13.4. The molecular formula is C22H20FN5O2S. The molecule has 2 aromatic heterocycles. The second-order valence-electron chi connectivity index (χ2n) is 7.13. The van der Waals surface area contributed by atoms with Gasteiger partial charge in [-0.15, -0.1) is 0 Å². The fraction of sp³-hybridized carbons (Fsp3) is 0.182. The van der Waals surface area contributed by atoms with Crippen LogP contribution in [0.5, 0.6) is 0 Å². The van der Waals surface area contributed by atoms with E-state index in [0.717, 1.165) is 0 Å². The summed E-state index contributed by atoms with van der Waals surface area (Å²) in [6, 6.07) is 12.4. The first-order chi connectivity index (χ1) is 14.9. The van der Waals surface area contributed by atoms with Crippen molar-refractivity contribution in [3.8, 4) is 0 Å². The highest BCUT2D eigenvalue weighted by Gasteiger charge is 2.21. The smallest absolute Gasteiger partial charge is 0.262 e. The number of imidazole rings is 1. The third-order valence-corrected chi connectivity index (χ3v) is 5.40. The fourth-order valence-electron chi connectivity index (χ4n) is 3.46. The summed E-state index contributed by atoms with van der Waals surface area (Å²) in [7, 11) is 1.82. The molecule has 31 heavy (non-hydrogen) atoms. The van der Waals surface area contributed by atoms with Crippen LogP contribution in [0.1, 0.15) is 23.9 Å². The number of nitrogens with one attached hydrogen (secondary N) is 2. The van der Waals surface area contributed by atoms with Gasteiger partial charge in [-0.05, 0) is 42.0 Å². The van der Waals surface area contributed by atoms with E-state index in [0.29, 0.717) is 22.3 Å². The minimum absolute atomic E-state index is 0.0395. The minimum atomic E-state index is -0.559. The lowest BCUT2D eigenvalue weighted by atomic mass is 10.1. The van der Waals surface area contributed by atoms with E-state index in [-0.39, 0.29) is 35.0 Å². The van der Waals surface area contributed by atoms with Gasteiger partial charge in [-0.3, -0.25) is 14.2 Å². The van der Waals surface area contributed by atoms with Crippen LogP contribution >= 0.6 is 12.2 Å². The first-order valence-electron chi connectivity index (χ1n) is 9.68. The van der Waals surface area contributed by atoms with Crippen molar-refractivity contribution >= 4 is 29.0 Å². The van der Waals surface area contributed by atoms with E-state index in [1.54, 1.807) is 47.3 Å². The highest BCUT2D eigenvalue weighted by atomic mass is 32.1. The predicted octanol–water partition coefficient (Wildman–Crippen LogP) is 3.23. The maximum Gasteiger partial charge on any atom is 0.262 e. The van der Waals surface area contributed by atoms with Crippen molar-refractivity contribution in [2.75, 3.05) is 0 Å². The Hall–Kier alpha value is -3.59. The number of aromatic amines is 1. The Balaban J connectivity index is 1.56. The van der Waals surface area contributed by atoms with E-state index in [9.17, 15) is 14.0 Å². The normalized spacial score (nSPS) is 12.1. The fourth-order valence-corrected chi connectivity index (χ4v) is 3.74. The number of nitrogens with zero attached hydrogens (tertiary/aromatic N) is 3. The highest BCUT2D eigenvalue weighted by Crippen LogP contribution is 2.21. The van der Waals surface area contributed by atoms with Gasteiger partial charge >= 0.3 is 0 Å². The van der Waals surface area contributed by atoms with Crippen molar-refractivity contribution in [3.63, 3.8) is 0 Å². The van der Waals surface area contributed by atoms with Crippen molar-refractivity contribution < 1.29 is 9.18 Å². The molecule has 158 valence electrons. The van der Waals surface area contributed by atoms with E-state index in [2.05, 4.69) is 15.3 Å². The quantitative estimate of drug-likeness (QED) is 0.454. The number of para-hydroxylation sites is 1. The zero-order valence-corrected chi connectivity index (χ0v) is 17.5. The van der Waals surface area contributed by atoms with Gasteiger partial charge in [-0.25, -0.2) is 9.37 Å². The lowest BCUT2D eigenvalue weighted by molar-refractivity contribution is -0.121. The zero-order valence-electron chi connectivity index (χ0n) is 16.7. The van der Waals surface area contributed by atoms with Gasteiger partial charge in [0.05, 0.1) is 10.9 Å². The van der Waals surface area contributed by atoms with Crippen molar-refractivity contribution in [3.05, 3.63) is 93.3 Å². The Labute approximate surface area is 182 Å². The molecule has 1 unspecified atom stereocenters. The average molecular weight is 438 g/mol. The number of H-pyrrole nitrogens is 1. The van der Waals surface area contributed by atoms with Gasteiger partial charge in [0.1, 0.15) is 17.7 Å². The molecule has 0 spiro atoms. The summed E-state index contributed by atoms with van der Waals surface area (Å²) >= 11 is 5.30. The van der Waals surface area contributed by atoms with E-state index in [4.69, 9.17) is 12.2 Å². The molecule has 4 rings (SSSR count). The van der Waals surface area contributed by atoms with Gasteiger partial charge in [-0.1, -0.05) is 24.3 Å². The van der Waals surface area contributed by atoms with Gasteiger partial charge in [0.2, 0.25) is 5.91 Å². The molecule has 2 aromatic carbocycles. The number of rotatable bonds is 6. The van der Waals surface area contributed by atoms with Gasteiger partial charge in [0, 0.05) is 32.4 Å². The molecule has 0 aliphatic rings. The lowest BCUT2D eigenvalue weighted by Crippen LogP contribution is -2.33. The molecule has 1 atom stereocenters. The third kappa shape index (κ3) is 4.31. The van der Waals surface area contributed by atoms with Gasteiger partial charge in [0.15, 0.2) is 4.77 Å². The number of fused-ring (bicyclic) bond motifs is 1. The second kappa shape index (κ2) is 8.65. The summed E-state index contributed by atoms with van der Waals surface area (Å²) in [6.45, 7) is 0.127. The number of amides is 1. The number of hydrogen-bond acceptors (Lipinski definition) is 4. The Bertz CT molecular complexity index is 1360. The number of aromatic nitrogens is 4. The Morgan fingerprint density at radius 3 is 2.68 bits per heavy atom. The Morgan fingerprint density at radius 1 is 1.23 bits per heavy atom. The van der Waals surface area contributed by atoms with Crippen LogP contribution < -0.4 is 10.9 Å². The molecule has 7 nitrogen and oxygen atoms in total. The first-order valence-corrected chi connectivity index (χ1v) is 10.1. The lowest BCUT2D eigenvalue weighted by Gasteiger charge is -2.19. The minimum Gasteiger partial charge on any atom is -0.342 e. The molecule has 0 fully saturated rings. The SMILES string of the molecule is Cn1ccnc1C(NC(=O)CCn1c(=S)[nH]c2ccccc2c1=O)c1ccc(F)cc1. The first kappa shape index (κ1) is 20.7. The zero-order chi connectivity index (χ0) is 22.0. The number of halogens is 1. The van der Waals surface area contributed by atoms with E-state index in [1.165, 1.54) is 16.7 Å². The maximum absolute atomic E-state index is 13.4. The summed E-state index contributed by atoms with van der Waals surface area (Å²) in [5, 5.41) is 3.45. The largest absolute Gasteiger partial charge is 0.342 e. The topological polar surface area (TPSA) is 84.7 Å². The summed E-state index contributed by atoms with van der Waals surface area (Å²) in [4.78, 5) is 32.9. The molecule has 2 N–H and O–H groups in total. The van der Waals surface area contributed by atoms with Crippen LogP contribution in [0, 0.1) is 10.6 Å². The Kier molecular flexibility index (Phi) is 5.77. The van der Waals surface area contributed by atoms with Crippen LogP contribution in [0.25, 0.3) is 10.9 Å². The van der Waals surface area contributed by atoms with Crippen molar-refractivity contribution in [2.24, 2.45) is 7.05 Å². The third-order valence-electron chi connectivity index (χ3n) is 5.08. The predicted molar refractivity (Wildman–Crippen MR) is 118 cm³/mol. The molecule has 0 saturated heterocycles. The molecule has 9 heteroatoms. The van der Waals surface area contributed by atoms with Crippen LogP contribution in [0.3, 0.4) is 0 Å². The standard InChI is InChI=1S/C22H20FN5O2S/c1-27-13-11-24-20(27)19(14-6-8-15(23)9-7-14)26-18(29)10-12-28-21(30)16-4-2-3-5-17(16)25-22(28)31/h2-9,11,13,19H,10,12H2,1H3,(H,25,31)(H,26,29). The van der Waals surface area contributed by atoms with Crippen LogP contribution in [0.2, 0.25) is 0 Å². The van der Waals surface area contributed by atoms with E-state index < -0.39 is 6.04 Å². The number of carbonyl (C=O) groups excluding carboxylic acids is 1. The number of hydrogen-bond donors (Lipinski definition) is 2. The summed E-state index contributed by atoms with van der Waals surface area (Å²) < 4.78 is 16.8. The van der Waals surface area contributed by atoms with Gasteiger partial charge in [-0.2, -0.15) is 0 Å². The monoisotopic (exact) mass is 437 g/mol. The van der Waals surface area contributed by atoms with E-state index >= 15 is 0 Å². The van der Waals surface area contributed by atoms with Crippen LogP contribution in [0.15, 0.2) is 65.7 Å². The van der Waals surface area contributed by atoms with Gasteiger partial charge in [0.25, 0.3) is 5.56 Å². The molecule has 2 heterocycles. The highest BCUT2D eigenvalue weighted by molar-refractivity contribution is 7.71. The molecular weight excluding hydrogens is 417 g/mol. The van der Waals surface area contributed by atoms with Crippen LogP contribution in [-0.4, -0.2) is 25.0 Å². The number of carbonyl (C=O) groups is 1. The molecule has 1 amide bonds. The second-order valence-corrected chi connectivity index (χ2v) is 7.52. The molecule has 0 bridgehead atoms. The van der Waals surface area contributed by atoms with Crippen LogP contribution in [-0.2, 0) is 18.4 Å².